The summed E-state index contributed by atoms with van der Waals surface area (Å²) in [5.74, 6) is -0.211. The normalized spacial score (nSPS) is 18.2. The fourth-order valence-corrected chi connectivity index (χ4v) is 6.29. The molecule has 4 aromatic rings. The van der Waals surface area contributed by atoms with E-state index >= 15 is 0 Å². The van der Waals surface area contributed by atoms with E-state index in [9.17, 15) is 9.59 Å². The van der Waals surface area contributed by atoms with Crippen LogP contribution in [0.1, 0.15) is 47.3 Å². The first-order valence-electron chi connectivity index (χ1n) is 13.6. The molecule has 0 bridgehead atoms. The molecule has 0 radical (unpaired) electrons. The first-order chi connectivity index (χ1) is 18.6. The number of amides is 2. The summed E-state index contributed by atoms with van der Waals surface area (Å²) >= 11 is 0. The maximum Gasteiger partial charge on any atom is 0.255 e. The second-order valence-corrected chi connectivity index (χ2v) is 10.4. The molecule has 6 nitrogen and oxygen atoms in total. The van der Waals surface area contributed by atoms with Gasteiger partial charge in [0.2, 0.25) is 5.91 Å². The molecule has 3 aromatic carbocycles. The Bertz CT molecular complexity index is 1490. The average Bonchev–Trinajstić information content (AvgIpc) is 3.65. The quantitative estimate of drug-likeness (QED) is 0.384. The molecule has 2 unspecified atom stereocenters. The average molecular weight is 507 g/mol. The zero-order valence-electron chi connectivity index (χ0n) is 22.1. The smallest absolute Gasteiger partial charge is 0.255 e. The molecule has 1 aromatic heterocycles. The van der Waals surface area contributed by atoms with E-state index in [1.807, 2.05) is 61.5 Å². The van der Waals surface area contributed by atoms with Gasteiger partial charge < -0.3 is 19.7 Å². The minimum atomic E-state index is -0.624. The molecule has 2 aliphatic rings. The van der Waals surface area contributed by atoms with Gasteiger partial charge in [0.25, 0.3) is 5.91 Å². The molecule has 38 heavy (non-hydrogen) atoms. The Morgan fingerprint density at radius 1 is 0.947 bits per heavy atom. The third-order valence-electron chi connectivity index (χ3n) is 8.19. The molecule has 1 saturated heterocycles. The zero-order valence-corrected chi connectivity index (χ0v) is 22.1. The molecular weight excluding hydrogens is 472 g/mol. The van der Waals surface area contributed by atoms with Crippen molar-refractivity contribution < 1.29 is 9.59 Å². The third-order valence-corrected chi connectivity index (χ3v) is 8.19. The summed E-state index contributed by atoms with van der Waals surface area (Å²) in [7, 11) is 2.08. The lowest BCUT2D eigenvalue weighted by Gasteiger charge is -2.31. The van der Waals surface area contributed by atoms with Gasteiger partial charge in [-0.05, 0) is 56.1 Å². The Kier molecular flexibility index (Phi) is 6.50. The number of carbonyl (C=O) groups excluding carboxylic acids is 2. The highest BCUT2D eigenvalue weighted by Crippen LogP contribution is 2.47. The van der Waals surface area contributed by atoms with Gasteiger partial charge in [-0.3, -0.25) is 9.59 Å². The predicted molar refractivity (Wildman–Crippen MR) is 151 cm³/mol. The lowest BCUT2D eigenvalue weighted by Crippen LogP contribution is -2.48. The van der Waals surface area contributed by atoms with Crippen LogP contribution in [-0.2, 0) is 11.8 Å². The summed E-state index contributed by atoms with van der Waals surface area (Å²) < 4.78 is 2.21. The van der Waals surface area contributed by atoms with Crippen molar-refractivity contribution in [1.82, 2.24) is 19.7 Å². The molecule has 2 atom stereocenters. The van der Waals surface area contributed by atoms with Gasteiger partial charge in [-0.1, -0.05) is 66.7 Å². The number of aromatic nitrogens is 1. The number of para-hydroxylation sites is 1. The number of fused-ring (bicyclic) bond motifs is 2. The predicted octanol–water partition coefficient (Wildman–Crippen LogP) is 4.99. The molecule has 2 aliphatic heterocycles. The van der Waals surface area contributed by atoms with Crippen LogP contribution in [0.25, 0.3) is 22.2 Å². The van der Waals surface area contributed by atoms with Gasteiger partial charge in [0, 0.05) is 42.2 Å². The number of rotatable bonds is 7. The number of hydrogen-bond donors (Lipinski definition) is 1. The number of carbonyl (C=O) groups is 2. The van der Waals surface area contributed by atoms with Crippen molar-refractivity contribution in [2.75, 3.05) is 26.2 Å². The SMILES string of the molecule is CC(C(=O)NCCN1CCCC1)N1C(=O)c2ccccc2C1c1c(-c2ccccc2)n(C)c2ccccc12. The zero-order chi connectivity index (χ0) is 26.2. The van der Waals surface area contributed by atoms with Crippen LogP contribution in [0.4, 0.5) is 0 Å². The van der Waals surface area contributed by atoms with Gasteiger partial charge in [0.05, 0.1) is 11.7 Å². The van der Waals surface area contributed by atoms with Gasteiger partial charge in [-0.25, -0.2) is 0 Å². The molecule has 0 saturated carbocycles. The van der Waals surface area contributed by atoms with E-state index in [2.05, 4.69) is 46.1 Å². The van der Waals surface area contributed by atoms with Gasteiger partial charge >= 0.3 is 0 Å². The number of aryl methyl sites for hydroxylation is 1. The second-order valence-electron chi connectivity index (χ2n) is 10.4. The molecule has 3 heterocycles. The van der Waals surface area contributed by atoms with Crippen molar-refractivity contribution in [1.29, 1.82) is 0 Å². The largest absolute Gasteiger partial charge is 0.353 e. The summed E-state index contributed by atoms with van der Waals surface area (Å²) in [6.07, 6.45) is 2.45. The molecule has 1 fully saturated rings. The van der Waals surface area contributed by atoms with Gasteiger partial charge in [-0.2, -0.15) is 0 Å². The van der Waals surface area contributed by atoms with Gasteiger partial charge in [-0.15, -0.1) is 0 Å². The molecule has 0 spiro atoms. The molecule has 0 aliphatic carbocycles. The maximum atomic E-state index is 13.9. The van der Waals surface area contributed by atoms with E-state index in [1.165, 1.54) is 12.8 Å². The highest BCUT2D eigenvalue weighted by atomic mass is 16.2. The Morgan fingerprint density at radius 3 is 2.42 bits per heavy atom. The summed E-state index contributed by atoms with van der Waals surface area (Å²) in [6, 6.07) is 25.5. The van der Waals surface area contributed by atoms with Crippen molar-refractivity contribution in [2.24, 2.45) is 7.05 Å². The molecule has 2 amide bonds. The fourth-order valence-electron chi connectivity index (χ4n) is 6.29. The summed E-state index contributed by atoms with van der Waals surface area (Å²) in [4.78, 5) is 31.6. The van der Waals surface area contributed by atoms with Crippen LogP contribution >= 0.6 is 0 Å². The number of nitrogens with one attached hydrogen (secondary N) is 1. The van der Waals surface area contributed by atoms with Crippen LogP contribution in [0, 0.1) is 0 Å². The highest BCUT2D eigenvalue weighted by molar-refractivity contribution is 6.04. The van der Waals surface area contributed by atoms with Gasteiger partial charge in [0.15, 0.2) is 0 Å². The summed E-state index contributed by atoms with van der Waals surface area (Å²) in [6.45, 7) is 5.48. The Morgan fingerprint density at radius 2 is 1.63 bits per heavy atom. The summed E-state index contributed by atoms with van der Waals surface area (Å²) in [5, 5.41) is 4.21. The number of likely N-dealkylation sites (tertiary alicyclic amines) is 1. The number of nitrogens with zero attached hydrogens (tertiary/aromatic N) is 3. The van der Waals surface area contributed by atoms with Gasteiger partial charge in [0.1, 0.15) is 6.04 Å². The van der Waals surface area contributed by atoms with Crippen LogP contribution in [-0.4, -0.2) is 58.4 Å². The Hall–Kier alpha value is -3.90. The number of benzene rings is 3. The molecule has 6 rings (SSSR count). The highest BCUT2D eigenvalue weighted by Gasteiger charge is 2.44. The monoisotopic (exact) mass is 506 g/mol. The Labute approximate surface area is 223 Å². The Balaban J connectivity index is 1.44. The lowest BCUT2D eigenvalue weighted by atomic mass is 9.92. The van der Waals surface area contributed by atoms with Crippen LogP contribution in [0.5, 0.6) is 0 Å². The molecular formula is C32H34N4O2. The minimum absolute atomic E-state index is 0.0975. The minimum Gasteiger partial charge on any atom is -0.353 e. The maximum absolute atomic E-state index is 13.9. The van der Waals surface area contributed by atoms with Crippen LogP contribution in [0.3, 0.4) is 0 Å². The van der Waals surface area contributed by atoms with Crippen molar-refractivity contribution in [3.05, 3.63) is 95.6 Å². The van der Waals surface area contributed by atoms with Crippen molar-refractivity contribution in [3.63, 3.8) is 0 Å². The van der Waals surface area contributed by atoms with E-state index < -0.39 is 6.04 Å². The van der Waals surface area contributed by atoms with Crippen molar-refractivity contribution in [2.45, 2.75) is 31.8 Å². The van der Waals surface area contributed by atoms with E-state index in [-0.39, 0.29) is 17.9 Å². The lowest BCUT2D eigenvalue weighted by molar-refractivity contribution is -0.125. The van der Waals surface area contributed by atoms with Crippen LogP contribution in [0.2, 0.25) is 0 Å². The van der Waals surface area contributed by atoms with Crippen LogP contribution in [0.15, 0.2) is 78.9 Å². The fraction of sp³-hybridized carbons (Fsp3) is 0.312. The van der Waals surface area contributed by atoms with E-state index in [1.54, 1.807) is 4.90 Å². The van der Waals surface area contributed by atoms with Crippen molar-refractivity contribution in [3.8, 4) is 11.3 Å². The first-order valence-corrected chi connectivity index (χ1v) is 13.6. The first kappa shape index (κ1) is 24.4. The van der Waals surface area contributed by atoms with E-state index in [0.717, 1.165) is 52.9 Å². The van der Waals surface area contributed by atoms with Crippen LogP contribution < -0.4 is 5.32 Å². The van der Waals surface area contributed by atoms with Crippen molar-refractivity contribution >= 4 is 22.7 Å². The number of hydrogen-bond acceptors (Lipinski definition) is 3. The topological polar surface area (TPSA) is 57.6 Å². The molecule has 6 heteroatoms. The standard InChI is InChI=1S/C32H34N4O2/c1-22(31(37)33-18-21-35-19-10-11-20-35)36-30(24-14-6-7-15-25(24)32(36)38)28-26-16-8-9-17-27(26)34(2)29(28)23-12-4-3-5-13-23/h3-9,12-17,22,30H,10-11,18-21H2,1-2H3,(H,33,37). The molecule has 1 N–H and O–H groups in total. The van der Waals surface area contributed by atoms with E-state index in [4.69, 9.17) is 0 Å². The third kappa shape index (κ3) is 4.09. The summed E-state index contributed by atoms with van der Waals surface area (Å²) in [5.41, 5.74) is 5.92. The van der Waals surface area contributed by atoms with E-state index in [0.29, 0.717) is 12.1 Å². The molecule has 194 valence electrons. The second kappa shape index (κ2) is 10.1.